The highest BCUT2D eigenvalue weighted by Crippen LogP contribution is 2.27. The maximum absolute atomic E-state index is 13.0. The van der Waals surface area contributed by atoms with Crippen LogP contribution >= 0.6 is 15.9 Å². The first kappa shape index (κ1) is 13.9. The van der Waals surface area contributed by atoms with Crippen molar-refractivity contribution in [2.24, 2.45) is 0 Å². The number of hydrogen-bond donors (Lipinski definition) is 1. The average Bonchev–Trinajstić information content (AvgIpc) is 2.80. The standard InChI is InChI=1S/C11H14BrFN2O2S/c1-15(9-4-5-14-7-9)18(16,17)11-3-2-8(13)6-10(11)12/h2-3,6,9,14H,4-5,7H2,1H3. The Morgan fingerprint density at radius 1 is 1.50 bits per heavy atom. The van der Waals surface area contributed by atoms with Crippen LogP contribution in [0.25, 0.3) is 0 Å². The van der Waals surface area contributed by atoms with Crippen molar-refractivity contribution in [3.8, 4) is 0 Å². The second-order valence-corrected chi connectivity index (χ2v) is 7.06. The molecule has 1 aromatic rings. The molecule has 1 aliphatic rings. The largest absolute Gasteiger partial charge is 0.315 e. The van der Waals surface area contributed by atoms with E-state index in [0.29, 0.717) is 6.54 Å². The molecule has 1 aliphatic heterocycles. The van der Waals surface area contributed by atoms with Crippen molar-refractivity contribution in [2.45, 2.75) is 17.4 Å². The van der Waals surface area contributed by atoms with Gasteiger partial charge in [0.2, 0.25) is 10.0 Å². The zero-order valence-electron chi connectivity index (χ0n) is 9.86. The van der Waals surface area contributed by atoms with Gasteiger partial charge in [-0.15, -0.1) is 0 Å². The van der Waals surface area contributed by atoms with Gasteiger partial charge in [-0.05, 0) is 47.1 Å². The van der Waals surface area contributed by atoms with Crippen LogP contribution < -0.4 is 5.32 Å². The highest BCUT2D eigenvalue weighted by Gasteiger charge is 2.31. The highest BCUT2D eigenvalue weighted by molar-refractivity contribution is 9.10. The van der Waals surface area contributed by atoms with Crippen molar-refractivity contribution in [1.29, 1.82) is 0 Å². The molecule has 0 amide bonds. The topological polar surface area (TPSA) is 49.4 Å². The van der Waals surface area contributed by atoms with Gasteiger partial charge in [0.1, 0.15) is 5.82 Å². The third-order valence-electron chi connectivity index (χ3n) is 3.10. The molecule has 0 spiro atoms. The van der Waals surface area contributed by atoms with E-state index in [-0.39, 0.29) is 15.4 Å². The molecule has 1 N–H and O–H groups in total. The monoisotopic (exact) mass is 336 g/mol. The summed E-state index contributed by atoms with van der Waals surface area (Å²) in [4.78, 5) is 0.0956. The Morgan fingerprint density at radius 3 is 2.78 bits per heavy atom. The fourth-order valence-electron chi connectivity index (χ4n) is 1.99. The van der Waals surface area contributed by atoms with Crippen molar-refractivity contribution in [3.63, 3.8) is 0 Å². The molecule has 1 atom stereocenters. The molecule has 0 radical (unpaired) electrons. The number of benzene rings is 1. The van der Waals surface area contributed by atoms with Gasteiger partial charge < -0.3 is 5.32 Å². The van der Waals surface area contributed by atoms with Crippen molar-refractivity contribution in [2.75, 3.05) is 20.1 Å². The molecule has 1 heterocycles. The van der Waals surface area contributed by atoms with E-state index in [1.165, 1.54) is 10.4 Å². The van der Waals surface area contributed by atoms with Gasteiger partial charge in [0.15, 0.2) is 0 Å². The van der Waals surface area contributed by atoms with E-state index in [9.17, 15) is 12.8 Å². The highest BCUT2D eigenvalue weighted by atomic mass is 79.9. The molecule has 1 fully saturated rings. The maximum atomic E-state index is 13.0. The van der Waals surface area contributed by atoms with E-state index in [1.54, 1.807) is 7.05 Å². The number of nitrogens with zero attached hydrogens (tertiary/aromatic N) is 1. The summed E-state index contributed by atoms with van der Waals surface area (Å²) >= 11 is 3.10. The maximum Gasteiger partial charge on any atom is 0.244 e. The van der Waals surface area contributed by atoms with Crippen LogP contribution in [0.2, 0.25) is 0 Å². The molecule has 0 aromatic heterocycles. The molecule has 0 aliphatic carbocycles. The Labute approximate surface area is 114 Å². The van der Waals surface area contributed by atoms with Crippen molar-refractivity contribution in [3.05, 3.63) is 28.5 Å². The van der Waals surface area contributed by atoms with E-state index in [1.807, 2.05) is 0 Å². The van der Waals surface area contributed by atoms with E-state index in [4.69, 9.17) is 0 Å². The Balaban J connectivity index is 2.35. The summed E-state index contributed by atoms with van der Waals surface area (Å²) in [6, 6.07) is 3.55. The van der Waals surface area contributed by atoms with Gasteiger partial charge in [-0.25, -0.2) is 12.8 Å². The van der Waals surface area contributed by atoms with E-state index in [0.717, 1.165) is 25.1 Å². The van der Waals surface area contributed by atoms with Gasteiger partial charge in [0.05, 0.1) is 4.90 Å². The van der Waals surface area contributed by atoms with Gasteiger partial charge in [0, 0.05) is 24.1 Å². The molecule has 1 unspecified atom stereocenters. The first-order chi connectivity index (χ1) is 8.43. The summed E-state index contributed by atoms with van der Waals surface area (Å²) in [5.74, 6) is -0.467. The van der Waals surface area contributed by atoms with Crippen molar-refractivity contribution < 1.29 is 12.8 Å². The van der Waals surface area contributed by atoms with E-state index >= 15 is 0 Å². The summed E-state index contributed by atoms with van der Waals surface area (Å²) in [6.45, 7) is 1.46. The minimum Gasteiger partial charge on any atom is -0.315 e. The molecular weight excluding hydrogens is 323 g/mol. The molecule has 1 saturated heterocycles. The number of halogens is 2. The number of sulfonamides is 1. The normalized spacial score (nSPS) is 20.6. The summed E-state index contributed by atoms with van der Waals surface area (Å²) in [7, 11) is -2.03. The molecule has 2 rings (SSSR count). The Morgan fingerprint density at radius 2 is 2.22 bits per heavy atom. The predicted octanol–water partition coefficient (Wildman–Crippen LogP) is 1.57. The molecular formula is C11H14BrFN2O2S. The van der Waals surface area contributed by atoms with Crippen LogP contribution in [0.15, 0.2) is 27.6 Å². The third kappa shape index (κ3) is 2.59. The third-order valence-corrected chi connectivity index (χ3v) is 5.99. The second-order valence-electron chi connectivity index (χ2n) is 4.24. The van der Waals surface area contributed by atoms with Crippen LogP contribution in [-0.4, -0.2) is 38.9 Å². The molecule has 7 heteroatoms. The average molecular weight is 337 g/mol. The van der Waals surface area contributed by atoms with Crippen LogP contribution in [0, 0.1) is 5.82 Å². The quantitative estimate of drug-likeness (QED) is 0.911. The minimum atomic E-state index is -3.59. The number of likely N-dealkylation sites (N-methyl/N-ethyl adjacent to an activating group) is 1. The number of nitrogens with one attached hydrogen (secondary N) is 1. The summed E-state index contributed by atoms with van der Waals surface area (Å²) in [5, 5.41) is 3.12. The first-order valence-corrected chi connectivity index (χ1v) is 7.80. The molecule has 1 aromatic carbocycles. The number of hydrogen-bond acceptors (Lipinski definition) is 3. The van der Waals surface area contributed by atoms with Gasteiger partial charge >= 0.3 is 0 Å². The lowest BCUT2D eigenvalue weighted by atomic mass is 10.3. The van der Waals surface area contributed by atoms with Crippen LogP contribution in [-0.2, 0) is 10.0 Å². The van der Waals surface area contributed by atoms with Gasteiger partial charge in [-0.1, -0.05) is 0 Å². The lowest BCUT2D eigenvalue weighted by Crippen LogP contribution is -2.38. The first-order valence-electron chi connectivity index (χ1n) is 5.57. The molecule has 0 saturated carbocycles. The van der Waals surface area contributed by atoms with Gasteiger partial charge in [-0.3, -0.25) is 0 Å². The summed E-state index contributed by atoms with van der Waals surface area (Å²) in [5.41, 5.74) is 0. The predicted molar refractivity (Wildman–Crippen MR) is 70.3 cm³/mol. The SMILES string of the molecule is CN(C1CCNC1)S(=O)(=O)c1ccc(F)cc1Br. The van der Waals surface area contributed by atoms with E-state index in [2.05, 4.69) is 21.2 Å². The summed E-state index contributed by atoms with van der Waals surface area (Å²) in [6.07, 6.45) is 0.786. The summed E-state index contributed by atoms with van der Waals surface area (Å²) < 4.78 is 39.4. The lowest BCUT2D eigenvalue weighted by molar-refractivity contribution is 0.387. The Bertz CT molecular complexity index is 544. The zero-order valence-corrected chi connectivity index (χ0v) is 12.3. The molecule has 100 valence electrons. The van der Waals surface area contributed by atoms with Crippen LogP contribution in [0.1, 0.15) is 6.42 Å². The second kappa shape index (κ2) is 5.24. The van der Waals surface area contributed by atoms with Gasteiger partial charge in [-0.2, -0.15) is 4.31 Å². The molecule has 4 nitrogen and oxygen atoms in total. The van der Waals surface area contributed by atoms with Gasteiger partial charge in [0.25, 0.3) is 0 Å². The fraction of sp³-hybridized carbons (Fsp3) is 0.455. The van der Waals surface area contributed by atoms with Crippen molar-refractivity contribution >= 4 is 26.0 Å². The molecule has 18 heavy (non-hydrogen) atoms. The van der Waals surface area contributed by atoms with Crippen LogP contribution in [0.3, 0.4) is 0 Å². The Kier molecular flexibility index (Phi) is 4.05. The minimum absolute atomic E-state index is 0.0491. The zero-order chi connectivity index (χ0) is 13.3. The van der Waals surface area contributed by atoms with E-state index < -0.39 is 15.8 Å². The smallest absolute Gasteiger partial charge is 0.244 e. The van der Waals surface area contributed by atoms with Crippen LogP contribution in [0.5, 0.6) is 0 Å². The lowest BCUT2D eigenvalue weighted by Gasteiger charge is -2.23. The molecule has 0 bridgehead atoms. The van der Waals surface area contributed by atoms with Crippen LogP contribution in [0.4, 0.5) is 4.39 Å². The Hall–Kier alpha value is -0.500. The fourth-order valence-corrected chi connectivity index (χ4v) is 4.38. The number of rotatable bonds is 3. The van der Waals surface area contributed by atoms with Crippen molar-refractivity contribution in [1.82, 2.24) is 9.62 Å².